The van der Waals surface area contributed by atoms with Crippen molar-refractivity contribution in [2.75, 3.05) is 11.9 Å². The number of ether oxygens (including phenoxy) is 1. The van der Waals surface area contributed by atoms with E-state index in [9.17, 15) is 14.4 Å². The largest absolute Gasteiger partial charge is 0.456 e. The van der Waals surface area contributed by atoms with Gasteiger partial charge < -0.3 is 10.1 Å². The summed E-state index contributed by atoms with van der Waals surface area (Å²) in [6.45, 7) is 5.42. The molecule has 8 nitrogen and oxygen atoms in total. The summed E-state index contributed by atoms with van der Waals surface area (Å²) in [7, 11) is 0. The lowest BCUT2D eigenvalue weighted by Gasteiger charge is -2.13. The summed E-state index contributed by atoms with van der Waals surface area (Å²) >= 11 is 0. The van der Waals surface area contributed by atoms with Gasteiger partial charge in [0.1, 0.15) is 5.52 Å². The van der Waals surface area contributed by atoms with E-state index in [-0.39, 0.29) is 18.5 Å². The second-order valence-electron chi connectivity index (χ2n) is 6.87. The molecule has 0 atom stereocenters. The van der Waals surface area contributed by atoms with E-state index >= 15 is 0 Å². The van der Waals surface area contributed by atoms with Gasteiger partial charge >= 0.3 is 5.97 Å². The Kier molecular flexibility index (Phi) is 6.01. The van der Waals surface area contributed by atoms with E-state index in [4.69, 9.17) is 4.74 Å². The van der Waals surface area contributed by atoms with Crippen LogP contribution in [0.15, 0.2) is 41.2 Å². The lowest BCUT2D eigenvalue weighted by Crippen LogP contribution is -2.27. The normalized spacial score (nSPS) is 10.7. The first-order valence-electron chi connectivity index (χ1n) is 9.21. The number of anilines is 1. The second kappa shape index (κ2) is 8.64. The van der Waals surface area contributed by atoms with E-state index in [0.29, 0.717) is 10.9 Å². The van der Waals surface area contributed by atoms with Gasteiger partial charge in [-0.05, 0) is 44.0 Å². The van der Waals surface area contributed by atoms with Crippen LogP contribution in [0.25, 0.3) is 10.9 Å². The summed E-state index contributed by atoms with van der Waals surface area (Å²) in [6, 6.07) is 10.8. The Balaban J connectivity index is 1.53. The van der Waals surface area contributed by atoms with Crippen LogP contribution in [0.2, 0.25) is 0 Å². The third-order valence-electron chi connectivity index (χ3n) is 4.46. The van der Waals surface area contributed by atoms with Gasteiger partial charge in [-0.25, -0.2) is 4.68 Å². The van der Waals surface area contributed by atoms with E-state index in [1.807, 2.05) is 32.9 Å². The van der Waals surface area contributed by atoms with Crippen molar-refractivity contribution in [3.63, 3.8) is 0 Å². The van der Waals surface area contributed by atoms with Gasteiger partial charge in [-0.1, -0.05) is 35.0 Å². The molecule has 2 aromatic carbocycles. The highest BCUT2D eigenvalue weighted by Crippen LogP contribution is 2.21. The van der Waals surface area contributed by atoms with Gasteiger partial charge in [-0.15, -0.1) is 5.10 Å². The molecule has 0 radical (unpaired) electrons. The van der Waals surface area contributed by atoms with Crippen molar-refractivity contribution in [1.29, 1.82) is 0 Å². The molecular weight excluding hydrogens is 372 g/mol. The molecule has 0 aliphatic rings. The fraction of sp³-hybridized carbons (Fsp3) is 0.286. The molecule has 29 heavy (non-hydrogen) atoms. The van der Waals surface area contributed by atoms with Crippen LogP contribution >= 0.6 is 0 Å². The molecule has 3 rings (SSSR count). The standard InChI is InChI=1S/C21H22N4O4/c1-13-10-14(2)20(15(3)11-13)22-18(26)12-29-19(27)8-9-25-21(28)16-6-4-5-7-17(16)23-24-25/h4-7,10-11H,8-9,12H2,1-3H3,(H,22,26). The minimum Gasteiger partial charge on any atom is -0.456 e. The smallest absolute Gasteiger partial charge is 0.308 e. The SMILES string of the molecule is Cc1cc(C)c(NC(=O)COC(=O)CCn2nnc3ccccc3c2=O)c(C)c1. The molecular formula is C21H22N4O4. The van der Waals surface area contributed by atoms with Crippen LogP contribution in [0.1, 0.15) is 23.1 Å². The lowest BCUT2D eigenvalue weighted by molar-refractivity contribution is -0.147. The highest BCUT2D eigenvalue weighted by molar-refractivity contribution is 5.94. The summed E-state index contributed by atoms with van der Waals surface area (Å²) in [5.41, 5.74) is 3.88. The zero-order chi connectivity index (χ0) is 21.0. The molecule has 0 aliphatic heterocycles. The van der Waals surface area contributed by atoms with E-state index in [1.165, 1.54) is 0 Å². The maximum Gasteiger partial charge on any atom is 0.308 e. The van der Waals surface area contributed by atoms with Crippen LogP contribution in [-0.2, 0) is 20.9 Å². The number of carbonyl (C=O) groups is 2. The molecule has 1 heterocycles. The fourth-order valence-electron chi connectivity index (χ4n) is 3.14. The van der Waals surface area contributed by atoms with Crippen molar-refractivity contribution < 1.29 is 14.3 Å². The van der Waals surface area contributed by atoms with Crippen molar-refractivity contribution in [2.24, 2.45) is 0 Å². The number of fused-ring (bicyclic) bond motifs is 1. The number of aromatic nitrogens is 3. The van der Waals surface area contributed by atoms with Gasteiger partial charge in [0.2, 0.25) is 0 Å². The molecule has 0 aliphatic carbocycles. The first kappa shape index (κ1) is 20.2. The number of amides is 1. The minimum atomic E-state index is -0.598. The number of nitrogens with zero attached hydrogens (tertiary/aromatic N) is 3. The number of carbonyl (C=O) groups excluding carboxylic acids is 2. The minimum absolute atomic E-state index is 0.0211. The molecule has 0 saturated carbocycles. The predicted molar refractivity (Wildman–Crippen MR) is 109 cm³/mol. The number of benzene rings is 2. The second-order valence-corrected chi connectivity index (χ2v) is 6.87. The highest BCUT2D eigenvalue weighted by atomic mass is 16.5. The van der Waals surface area contributed by atoms with Crippen LogP contribution in [0.5, 0.6) is 0 Å². The zero-order valence-electron chi connectivity index (χ0n) is 16.6. The third-order valence-corrected chi connectivity index (χ3v) is 4.46. The topological polar surface area (TPSA) is 103 Å². The van der Waals surface area contributed by atoms with E-state index < -0.39 is 18.5 Å². The number of rotatable bonds is 6. The molecule has 1 N–H and O–H groups in total. The Labute approximate surface area is 167 Å². The first-order chi connectivity index (χ1) is 13.8. The Hall–Kier alpha value is -3.55. The van der Waals surface area contributed by atoms with Gasteiger partial charge in [0.15, 0.2) is 6.61 Å². The molecule has 150 valence electrons. The van der Waals surface area contributed by atoms with E-state index in [1.54, 1.807) is 24.3 Å². The molecule has 1 amide bonds. The van der Waals surface area contributed by atoms with Crippen molar-refractivity contribution >= 4 is 28.5 Å². The van der Waals surface area contributed by atoms with E-state index in [0.717, 1.165) is 27.1 Å². The van der Waals surface area contributed by atoms with Gasteiger partial charge in [-0.3, -0.25) is 14.4 Å². The van der Waals surface area contributed by atoms with Gasteiger partial charge in [0, 0.05) is 5.69 Å². The lowest BCUT2D eigenvalue weighted by atomic mass is 10.1. The van der Waals surface area contributed by atoms with Crippen LogP contribution in [-0.4, -0.2) is 33.5 Å². The maximum absolute atomic E-state index is 12.3. The monoisotopic (exact) mass is 394 g/mol. The van der Waals surface area contributed by atoms with E-state index in [2.05, 4.69) is 15.6 Å². The van der Waals surface area contributed by atoms with Crippen LogP contribution in [0.3, 0.4) is 0 Å². The predicted octanol–water partition coefficient (Wildman–Crippen LogP) is 2.29. The van der Waals surface area contributed by atoms with Gasteiger partial charge in [0.25, 0.3) is 11.5 Å². The fourth-order valence-corrected chi connectivity index (χ4v) is 3.14. The van der Waals surface area contributed by atoms with Crippen LogP contribution in [0, 0.1) is 20.8 Å². The van der Waals surface area contributed by atoms with Crippen molar-refractivity contribution in [2.45, 2.75) is 33.7 Å². The molecule has 0 fully saturated rings. The molecule has 3 aromatic rings. The first-order valence-corrected chi connectivity index (χ1v) is 9.21. The number of esters is 1. The van der Waals surface area contributed by atoms with Crippen molar-refractivity contribution in [3.8, 4) is 0 Å². The molecule has 8 heteroatoms. The van der Waals surface area contributed by atoms with Crippen LogP contribution < -0.4 is 10.9 Å². The highest BCUT2D eigenvalue weighted by Gasteiger charge is 2.12. The molecule has 0 unspecified atom stereocenters. The average molecular weight is 394 g/mol. The van der Waals surface area contributed by atoms with Crippen molar-refractivity contribution in [3.05, 3.63) is 63.4 Å². The maximum atomic E-state index is 12.3. The summed E-state index contributed by atoms with van der Waals surface area (Å²) in [4.78, 5) is 36.4. The quantitative estimate of drug-likeness (QED) is 0.644. The Morgan fingerprint density at radius 3 is 2.52 bits per heavy atom. The summed E-state index contributed by atoms with van der Waals surface area (Å²) < 4.78 is 6.13. The number of hydrogen-bond donors (Lipinski definition) is 1. The summed E-state index contributed by atoms with van der Waals surface area (Å²) in [5, 5.41) is 11.0. The number of nitrogens with one attached hydrogen (secondary N) is 1. The molecule has 1 aromatic heterocycles. The van der Waals surface area contributed by atoms with Gasteiger partial charge in [-0.2, -0.15) is 0 Å². The summed E-state index contributed by atoms with van der Waals surface area (Å²) in [6.07, 6.45) is -0.0945. The Morgan fingerprint density at radius 1 is 1.10 bits per heavy atom. The average Bonchev–Trinajstić information content (AvgIpc) is 2.69. The van der Waals surface area contributed by atoms with Crippen molar-refractivity contribution in [1.82, 2.24) is 15.0 Å². The molecule has 0 saturated heterocycles. The number of hydrogen-bond acceptors (Lipinski definition) is 6. The molecule has 0 spiro atoms. The van der Waals surface area contributed by atoms with Gasteiger partial charge in [0.05, 0.1) is 18.4 Å². The number of aryl methyl sites for hydroxylation is 4. The molecule has 0 bridgehead atoms. The summed E-state index contributed by atoms with van der Waals surface area (Å²) in [5.74, 6) is -1.02. The van der Waals surface area contributed by atoms with Crippen LogP contribution in [0.4, 0.5) is 5.69 Å². The Bertz CT molecular complexity index is 1110. The Morgan fingerprint density at radius 2 is 1.79 bits per heavy atom. The third kappa shape index (κ3) is 4.84. The zero-order valence-corrected chi connectivity index (χ0v) is 16.6.